The maximum Gasteiger partial charge on any atom is 0.333 e. The summed E-state index contributed by atoms with van der Waals surface area (Å²) in [7, 11) is 0. The Morgan fingerprint density at radius 3 is 2.31 bits per heavy atom. The van der Waals surface area contributed by atoms with E-state index < -0.39 is 18.1 Å². The topological polar surface area (TPSA) is 180 Å². The Morgan fingerprint density at radius 2 is 1.84 bits per heavy atom. The van der Waals surface area contributed by atoms with E-state index in [0.717, 1.165) is 25.7 Å². The van der Waals surface area contributed by atoms with Crippen LogP contribution < -0.4 is 22.5 Å². The number of nitrogens with two attached hydrogens (primary N) is 3. The number of nitrogens with one attached hydrogen (secondary N) is 1. The molecular formula is C22H42N4O6. The van der Waals surface area contributed by atoms with Crippen LogP contribution >= 0.6 is 0 Å². The highest BCUT2D eigenvalue weighted by Crippen LogP contribution is 2.24. The van der Waals surface area contributed by atoms with Crippen molar-refractivity contribution in [2.24, 2.45) is 17.2 Å². The van der Waals surface area contributed by atoms with Crippen LogP contribution in [0, 0.1) is 0 Å². The summed E-state index contributed by atoms with van der Waals surface area (Å²) in [4.78, 5) is 33.5. The number of rotatable bonds is 12. The fourth-order valence-electron chi connectivity index (χ4n) is 3.25. The van der Waals surface area contributed by atoms with Crippen molar-refractivity contribution >= 4 is 17.8 Å². The number of carboxylic acid groups (broad SMARTS) is 1. The molecule has 0 aliphatic heterocycles. The van der Waals surface area contributed by atoms with E-state index in [0.29, 0.717) is 31.6 Å². The number of hydrogen-bond donors (Lipinski definition) is 5. The highest BCUT2D eigenvalue weighted by atomic mass is 16.5. The van der Waals surface area contributed by atoms with Gasteiger partial charge in [-0.1, -0.05) is 20.3 Å². The summed E-state index contributed by atoms with van der Waals surface area (Å²) >= 11 is 0. The van der Waals surface area contributed by atoms with Crippen LogP contribution in [0.2, 0.25) is 0 Å². The third kappa shape index (κ3) is 11.6. The Kier molecular flexibility index (Phi) is 15.6. The van der Waals surface area contributed by atoms with E-state index in [1.54, 1.807) is 13.0 Å². The molecule has 0 bridgehead atoms. The van der Waals surface area contributed by atoms with Crippen LogP contribution in [0.1, 0.15) is 66.2 Å². The monoisotopic (exact) mass is 458 g/mol. The molecule has 8 N–H and O–H groups in total. The van der Waals surface area contributed by atoms with Crippen LogP contribution in [0.4, 0.5) is 0 Å². The van der Waals surface area contributed by atoms with E-state index in [2.05, 4.69) is 5.32 Å². The van der Waals surface area contributed by atoms with Gasteiger partial charge in [0.2, 0.25) is 5.91 Å². The summed E-state index contributed by atoms with van der Waals surface area (Å²) in [6.07, 6.45) is 5.64. The van der Waals surface area contributed by atoms with Crippen molar-refractivity contribution in [2.75, 3.05) is 13.2 Å². The van der Waals surface area contributed by atoms with Gasteiger partial charge in [0, 0.05) is 18.5 Å². The molecule has 10 heteroatoms. The van der Waals surface area contributed by atoms with Crippen molar-refractivity contribution in [1.29, 1.82) is 0 Å². The minimum atomic E-state index is -0.933. The average Bonchev–Trinajstić information content (AvgIpc) is 2.74. The molecule has 186 valence electrons. The standard InChI is InChI=1S/C16H28N2O4.C6H14N2O2/c1-5-12(6-2)22-14-9-11(16(20)21-7-3)8-13(17)15(14)18-10(4)19;7-4-2-1-3-5(8)6(9)10/h9,12-15H,5-8,17H2,1-4H3,(H,18,19);5H,1-4,7-8H2,(H,9,10)/t13-,14+,15+;/m0./s1. The first-order chi connectivity index (χ1) is 15.1. The summed E-state index contributed by atoms with van der Waals surface area (Å²) in [5.41, 5.74) is 17.1. The maximum atomic E-state index is 12.0. The number of carbonyl (C=O) groups is 3. The van der Waals surface area contributed by atoms with Gasteiger partial charge in [-0.05, 0) is 51.6 Å². The number of esters is 1. The van der Waals surface area contributed by atoms with Gasteiger partial charge in [0.05, 0.1) is 24.9 Å². The van der Waals surface area contributed by atoms with Gasteiger partial charge in [0.15, 0.2) is 0 Å². The highest BCUT2D eigenvalue weighted by molar-refractivity contribution is 5.89. The molecule has 10 nitrogen and oxygen atoms in total. The van der Waals surface area contributed by atoms with E-state index in [-0.39, 0.29) is 30.1 Å². The lowest BCUT2D eigenvalue weighted by Crippen LogP contribution is -2.57. The number of aliphatic carboxylic acids is 1. The summed E-state index contributed by atoms with van der Waals surface area (Å²) < 4.78 is 11.1. The van der Waals surface area contributed by atoms with Gasteiger partial charge in [-0.3, -0.25) is 9.59 Å². The van der Waals surface area contributed by atoms with Crippen molar-refractivity contribution in [1.82, 2.24) is 5.32 Å². The summed E-state index contributed by atoms with van der Waals surface area (Å²) in [5.74, 6) is -1.46. The third-order valence-electron chi connectivity index (χ3n) is 5.09. The van der Waals surface area contributed by atoms with Crippen LogP contribution in [0.25, 0.3) is 0 Å². The maximum absolute atomic E-state index is 12.0. The zero-order valence-electron chi connectivity index (χ0n) is 19.8. The first kappa shape index (κ1) is 30.0. The van der Waals surface area contributed by atoms with Crippen molar-refractivity contribution in [3.63, 3.8) is 0 Å². The molecule has 1 amide bonds. The fraction of sp³-hybridized carbons (Fsp3) is 0.773. The summed E-state index contributed by atoms with van der Waals surface area (Å²) in [6, 6.07) is -1.43. The van der Waals surface area contributed by atoms with Crippen molar-refractivity contribution in [2.45, 2.75) is 96.6 Å². The zero-order valence-corrected chi connectivity index (χ0v) is 19.8. The summed E-state index contributed by atoms with van der Waals surface area (Å²) in [6.45, 7) is 8.22. The molecule has 0 fully saturated rings. The second-order valence-electron chi connectivity index (χ2n) is 7.78. The molecule has 1 rings (SSSR count). The van der Waals surface area contributed by atoms with Gasteiger partial charge < -0.3 is 37.1 Å². The molecule has 0 aromatic carbocycles. The van der Waals surface area contributed by atoms with Gasteiger partial charge in [-0.25, -0.2) is 4.79 Å². The smallest absolute Gasteiger partial charge is 0.333 e. The fourth-order valence-corrected chi connectivity index (χ4v) is 3.25. The van der Waals surface area contributed by atoms with Crippen LogP contribution in [0.15, 0.2) is 11.6 Å². The number of unbranched alkanes of at least 4 members (excludes halogenated alkanes) is 1. The Labute approximate surface area is 191 Å². The Bertz CT molecular complexity index is 609. The van der Waals surface area contributed by atoms with Gasteiger partial charge >= 0.3 is 11.9 Å². The molecule has 4 atom stereocenters. The van der Waals surface area contributed by atoms with Crippen LogP contribution in [-0.4, -0.2) is 66.4 Å². The van der Waals surface area contributed by atoms with Gasteiger partial charge in [0.25, 0.3) is 0 Å². The first-order valence-electron chi connectivity index (χ1n) is 11.3. The second-order valence-corrected chi connectivity index (χ2v) is 7.78. The quantitative estimate of drug-likeness (QED) is 0.209. The van der Waals surface area contributed by atoms with E-state index in [4.69, 9.17) is 31.8 Å². The molecule has 0 saturated carbocycles. The largest absolute Gasteiger partial charge is 0.480 e. The van der Waals surface area contributed by atoms with E-state index in [1.165, 1.54) is 6.92 Å². The predicted octanol–water partition coefficient (Wildman–Crippen LogP) is 0.813. The molecule has 0 saturated heterocycles. The third-order valence-corrected chi connectivity index (χ3v) is 5.09. The van der Waals surface area contributed by atoms with Crippen LogP contribution in [-0.2, 0) is 23.9 Å². The number of hydrogen-bond acceptors (Lipinski definition) is 8. The molecule has 0 spiro atoms. The average molecular weight is 459 g/mol. The Balaban J connectivity index is 0.000000809. The highest BCUT2D eigenvalue weighted by Gasteiger charge is 2.35. The Hall–Kier alpha value is -2.01. The SMILES string of the molecule is CCOC(=O)C1=C[C@@H](OC(CC)CC)[C@H](NC(C)=O)[C@@H](N)C1.NCCCCC(N)C(=O)O. The molecule has 0 aromatic heterocycles. The van der Waals surface area contributed by atoms with Crippen molar-refractivity contribution < 1.29 is 29.0 Å². The Morgan fingerprint density at radius 1 is 1.22 bits per heavy atom. The molecule has 1 aliphatic rings. The van der Waals surface area contributed by atoms with Crippen molar-refractivity contribution in [3.05, 3.63) is 11.6 Å². The second kappa shape index (κ2) is 16.6. The predicted molar refractivity (Wildman–Crippen MR) is 123 cm³/mol. The van der Waals surface area contributed by atoms with Crippen molar-refractivity contribution in [3.8, 4) is 0 Å². The minimum absolute atomic E-state index is 0.0613. The van der Waals surface area contributed by atoms with Gasteiger partial charge in [0.1, 0.15) is 6.04 Å². The molecule has 0 aromatic rings. The number of amides is 1. The van der Waals surface area contributed by atoms with E-state index >= 15 is 0 Å². The van der Waals surface area contributed by atoms with Gasteiger partial charge in [-0.2, -0.15) is 0 Å². The lowest BCUT2D eigenvalue weighted by Gasteiger charge is -2.36. The molecular weight excluding hydrogens is 416 g/mol. The minimum Gasteiger partial charge on any atom is -0.480 e. The number of carbonyl (C=O) groups excluding carboxylic acids is 2. The molecule has 0 radical (unpaired) electrons. The normalized spacial score (nSPS) is 21.1. The molecule has 1 aliphatic carbocycles. The van der Waals surface area contributed by atoms with Crippen LogP contribution in [0.5, 0.6) is 0 Å². The molecule has 32 heavy (non-hydrogen) atoms. The number of carboxylic acids is 1. The van der Waals surface area contributed by atoms with Crippen LogP contribution in [0.3, 0.4) is 0 Å². The number of ether oxygens (including phenoxy) is 2. The molecule has 0 heterocycles. The lowest BCUT2D eigenvalue weighted by molar-refractivity contribution is -0.139. The van der Waals surface area contributed by atoms with E-state index in [9.17, 15) is 14.4 Å². The summed E-state index contributed by atoms with van der Waals surface area (Å²) in [5, 5.41) is 11.2. The lowest BCUT2D eigenvalue weighted by atomic mass is 9.88. The zero-order chi connectivity index (χ0) is 24.7. The van der Waals surface area contributed by atoms with Gasteiger partial charge in [-0.15, -0.1) is 0 Å². The first-order valence-corrected chi connectivity index (χ1v) is 11.3. The van der Waals surface area contributed by atoms with E-state index in [1.807, 2.05) is 13.8 Å². The molecule has 1 unspecified atom stereocenters.